The van der Waals surface area contributed by atoms with Crippen LogP contribution in [0.5, 0.6) is 5.75 Å². The maximum Gasteiger partial charge on any atom is 0.325 e. The fourth-order valence-corrected chi connectivity index (χ4v) is 3.54. The van der Waals surface area contributed by atoms with Crippen LogP contribution in [0.15, 0.2) is 47.5 Å². The van der Waals surface area contributed by atoms with Crippen LogP contribution in [0.3, 0.4) is 0 Å². The van der Waals surface area contributed by atoms with E-state index in [1.54, 1.807) is 30.3 Å². The lowest BCUT2D eigenvalue weighted by molar-refractivity contribution is -0.141. The standard InChI is InChI=1S/C19H17FN2O4S/c1-3-26-14-7-4-12(5-8-14)18(24)21-19-22(11-17(23)25-2)15-9-6-13(20)10-16(15)27-19/h4-10H,3,11H2,1-2H3. The molecule has 0 aliphatic carbocycles. The fraction of sp³-hybridized carbons (Fsp3) is 0.211. The topological polar surface area (TPSA) is 69.9 Å². The quantitative estimate of drug-likeness (QED) is 0.630. The molecule has 1 aromatic heterocycles. The summed E-state index contributed by atoms with van der Waals surface area (Å²) in [6.45, 7) is 2.28. The van der Waals surface area contributed by atoms with Gasteiger partial charge in [0.1, 0.15) is 18.1 Å². The highest BCUT2D eigenvalue weighted by atomic mass is 32.1. The van der Waals surface area contributed by atoms with E-state index in [4.69, 9.17) is 9.47 Å². The summed E-state index contributed by atoms with van der Waals surface area (Å²) in [6.07, 6.45) is 0. The van der Waals surface area contributed by atoms with E-state index in [0.717, 1.165) is 11.3 Å². The number of amides is 1. The minimum Gasteiger partial charge on any atom is -0.494 e. The number of methoxy groups -OCH3 is 1. The zero-order chi connectivity index (χ0) is 19.4. The number of carbonyl (C=O) groups is 2. The molecule has 0 saturated heterocycles. The molecule has 8 heteroatoms. The molecular formula is C19H17FN2O4S. The molecule has 140 valence electrons. The first-order chi connectivity index (χ1) is 13.0. The number of hydrogen-bond donors (Lipinski definition) is 0. The second kappa shape index (κ2) is 8.13. The van der Waals surface area contributed by atoms with E-state index in [1.807, 2.05) is 6.92 Å². The normalized spacial score (nSPS) is 11.6. The zero-order valence-electron chi connectivity index (χ0n) is 14.8. The Bertz CT molecular complexity index is 1050. The van der Waals surface area contributed by atoms with Crippen molar-refractivity contribution in [2.75, 3.05) is 13.7 Å². The largest absolute Gasteiger partial charge is 0.494 e. The molecule has 1 amide bonds. The van der Waals surface area contributed by atoms with Gasteiger partial charge in [0.25, 0.3) is 5.91 Å². The highest BCUT2D eigenvalue weighted by molar-refractivity contribution is 7.16. The Labute approximate surface area is 158 Å². The van der Waals surface area contributed by atoms with E-state index in [9.17, 15) is 14.0 Å². The van der Waals surface area contributed by atoms with Crippen molar-refractivity contribution in [2.45, 2.75) is 13.5 Å². The van der Waals surface area contributed by atoms with Gasteiger partial charge < -0.3 is 14.0 Å². The molecule has 6 nitrogen and oxygen atoms in total. The average Bonchev–Trinajstić information content (AvgIpc) is 2.98. The van der Waals surface area contributed by atoms with Gasteiger partial charge >= 0.3 is 5.97 Å². The summed E-state index contributed by atoms with van der Waals surface area (Å²) in [6, 6.07) is 10.8. The first kappa shape index (κ1) is 18.8. The van der Waals surface area contributed by atoms with Crippen molar-refractivity contribution in [1.82, 2.24) is 4.57 Å². The van der Waals surface area contributed by atoms with Crippen LogP contribution in [0.1, 0.15) is 17.3 Å². The minimum absolute atomic E-state index is 0.127. The number of thiazole rings is 1. The molecule has 0 spiro atoms. The van der Waals surface area contributed by atoms with Crippen molar-refractivity contribution in [3.63, 3.8) is 0 Å². The van der Waals surface area contributed by atoms with Crippen LogP contribution < -0.4 is 9.54 Å². The summed E-state index contributed by atoms with van der Waals surface area (Å²) in [5, 5.41) is 0. The van der Waals surface area contributed by atoms with Gasteiger partial charge in [0.2, 0.25) is 0 Å². The van der Waals surface area contributed by atoms with E-state index in [1.165, 1.54) is 23.8 Å². The number of carbonyl (C=O) groups excluding carboxylic acids is 2. The van der Waals surface area contributed by atoms with Gasteiger partial charge in [0.05, 0.1) is 23.9 Å². The molecule has 27 heavy (non-hydrogen) atoms. The van der Waals surface area contributed by atoms with Crippen LogP contribution in [0.2, 0.25) is 0 Å². The van der Waals surface area contributed by atoms with Crippen LogP contribution in [-0.4, -0.2) is 30.2 Å². The summed E-state index contributed by atoms with van der Waals surface area (Å²) in [5.74, 6) is -0.705. The number of benzene rings is 2. The number of fused-ring (bicyclic) bond motifs is 1. The highest BCUT2D eigenvalue weighted by Crippen LogP contribution is 2.19. The van der Waals surface area contributed by atoms with Gasteiger partial charge in [-0.2, -0.15) is 4.99 Å². The van der Waals surface area contributed by atoms with Crippen molar-refractivity contribution in [1.29, 1.82) is 0 Å². The number of rotatable bonds is 5. The monoisotopic (exact) mass is 388 g/mol. The Morgan fingerprint density at radius 2 is 1.93 bits per heavy atom. The third-order valence-electron chi connectivity index (χ3n) is 3.77. The number of nitrogens with zero attached hydrogens (tertiary/aromatic N) is 2. The van der Waals surface area contributed by atoms with Crippen molar-refractivity contribution >= 4 is 33.4 Å². The molecule has 0 atom stereocenters. The van der Waals surface area contributed by atoms with E-state index in [0.29, 0.717) is 32.9 Å². The van der Waals surface area contributed by atoms with Crippen LogP contribution in [-0.2, 0) is 16.1 Å². The van der Waals surface area contributed by atoms with Crippen LogP contribution >= 0.6 is 11.3 Å². The first-order valence-electron chi connectivity index (χ1n) is 8.19. The number of halogens is 1. The van der Waals surface area contributed by atoms with Crippen molar-refractivity contribution < 1.29 is 23.5 Å². The van der Waals surface area contributed by atoms with E-state index in [2.05, 4.69) is 4.99 Å². The summed E-state index contributed by atoms with van der Waals surface area (Å²) in [7, 11) is 1.28. The molecule has 0 aliphatic heterocycles. The second-order valence-electron chi connectivity index (χ2n) is 5.53. The van der Waals surface area contributed by atoms with E-state index >= 15 is 0 Å². The van der Waals surface area contributed by atoms with Crippen LogP contribution in [0, 0.1) is 5.82 Å². The van der Waals surface area contributed by atoms with Crippen molar-refractivity contribution in [3.05, 3.63) is 58.6 Å². The number of hydrogen-bond acceptors (Lipinski definition) is 5. The van der Waals surface area contributed by atoms with Gasteiger partial charge in [-0.05, 0) is 49.4 Å². The van der Waals surface area contributed by atoms with Gasteiger partial charge in [0, 0.05) is 5.56 Å². The minimum atomic E-state index is -0.492. The average molecular weight is 388 g/mol. The maximum absolute atomic E-state index is 13.5. The van der Waals surface area contributed by atoms with Crippen molar-refractivity contribution in [2.24, 2.45) is 4.99 Å². The molecule has 3 rings (SSSR count). The van der Waals surface area contributed by atoms with Crippen LogP contribution in [0.25, 0.3) is 10.2 Å². The highest BCUT2D eigenvalue weighted by Gasteiger charge is 2.13. The Balaban J connectivity index is 2.04. The molecule has 1 heterocycles. The third kappa shape index (κ3) is 4.22. The molecule has 0 saturated carbocycles. The van der Waals surface area contributed by atoms with Gasteiger partial charge in [0.15, 0.2) is 4.80 Å². The van der Waals surface area contributed by atoms with E-state index < -0.39 is 17.7 Å². The fourth-order valence-electron chi connectivity index (χ4n) is 2.49. The Hall–Kier alpha value is -3.00. The first-order valence-corrected chi connectivity index (χ1v) is 9.01. The molecule has 3 aromatic rings. The molecule has 0 unspecified atom stereocenters. The molecule has 0 aliphatic rings. The molecular weight excluding hydrogens is 371 g/mol. The Morgan fingerprint density at radius 3 is 2.59 bits per heavy atom. The zero-order valence-corrected chi connectivity index (χ0v) is 15.6. The number of esters is 1. The number of aromatic nitrogens is 1. The van der Waals surface area contributed by atoms with Crippen LogP contribution in [0.4, 0.5) is 4.39 Å². The lowest BCUT2D eigenvalue weighted by atomic mass is 10.2. The molecule has 0 bridgehead atoms. The third-order valence-corrected chi connectivity index (χ3v) is 4.81. The van der Waals surface area contributed by atoms with Gasteiger partial charge in [-0.3, -0.25) is 9.59 Å². The summed E-state index contributed by atoms with van der Waals surface area (Å²) < 4.78 is 25.7. The van der Waals surface area contributed by atoms with Gasteiger partial charge in [-0.15, -0.1) is 0 Å². The second-order valence-corrected chi connectivity index (χ2v) is 6.54. The smallest absolute Gasteiger partial charge is 0.325 e. The van der Waals surface area contributed by atoms with E-state index in [-0.39, 0.29) is 6.54 Å². The maximum atomic E-state index is 13.5. The lowest BCUT2D eigenvalue weighted by Gasteiger charge is -2.04. The molecule has 0 radical (unpaired) electrons. The predicted molar refractivity (Wildman–Crippen MR) is 99.3 cm³/mol. The number of ether oxygens (including phenoxy) is 2. The lowest BCUT2D eigenvalue weighted by Crippen LogP contribution is -2.22. The van der Waals surface area contributed by atoms with Gasteiger partial charge in [-0.25, -0.2) is 4.39 Å². The molecule has 0 N–H and O–H groups in total. The summed E-state index contributed by atoms with van der Waals surface area (Å²) in [5.41, 5.74) is 0.983. The predicted octanol–water partition coefficient (Wildman–Crippen LogP) is 3.15. The molecule has 2 aromatic carbocycles. The Kier molecular flexibility index (Phi) is 5.66. The summed E-state index contributed by atoms with van der Waals surface area (Å²) >= 11 is 1.13. The summed E-state index contributed by atoms with van der Waals surface area (Å²) in [4.78, 5) is 28.7. The molecule has 0 fully saturated rings. The van der Waals surface area contributed by atoms with Gasteiger partial charge in [-0.1, -0.05) is 11.3 Å². The Morgan fingerprint density at radius 1 is 1.19 bits per heavy atom. The SMILES string of the molecule is CCOc1ccc(C(=O)N=c2sc3cc(F)ccc3n2CC(=O)OC)cc1. The van der Waals surface area contributed by atoms with Crippen molar-refractivity contribution in [3.8, 4) is 5.75 Å².